The van der Waals surface area contributed by atoms with Crippen LogP contribution in [0.25, 0.3) is 0 Å². The molecule has 92 valence electrons. The van der Waals surface area contributed by atoms with Gasteiger partial charge >= 0.3 is 5.97 Å². The molecule has 1 aromatic rings. The monoisotopic (exact) mass is 240 g/mol. The summed E-state index contributed by atoms with van der Waals surface area (Å²) in [6, 6.07) is 8.54. The average Bonchev–Trinajstić information content (AvgIpc) is 2.86. The number of carbonyl (C=O) groups excluding carboxylic acids is 1. The maximum absolute atomic E-state index is 12.7. The lowest BCUT2D eigenvalue weighted by Crippen LogP contribution is -2.16. The first-order valence-electron chi connectivity index (χ1n) is 5.63. The Morgan fingerprint density at radius 3 is 2.59 bits per heavy atom. The summed E-state index contributed by atoms with van der Waals surface area (Å²) in [6.07, 6.45) is -0.327. The summed E-state index contributed by atoms with van der Waals surface area (Å²) in [5, 5.41) is 0. The molecule has 1 fully saturated rings. The van der Waals surface area contributed by atoms with Crippen molar-refractivity contribution in [1.29, 1.82) is 0 Å². The van der Waals surface area contributed by atoms with E-state index in [1.54, 1.807) is 37.3 Å². The average molecular weight is 240 g/mol. The number of esters is 1. The van der Waals surface area contributed by atoms with Crippen molar-refractivity contribution in [1.82, 2.24) is 0 Å². The first kappa shape index (κ1) is 12.0. The van der Waals surface area contributed by atoms with E-state index < -0.39 is 23.9 Å². The third kappa shape index (κ3) is 3.02. The van der Waals surface area contributed by atoms with Gasteiger partial charge < -0.3 is 4.74 Å². The summed E-state index contributed by atoms with van der Waals surface area (Å²) >= 11 is 0. The molecule has 0 spiro atoms. The van der Waals surface area contributed by atoms with Crippen molar-refractivity contribution in [3.63, 3.8) is 0 Å². The number of carbonyl (C=O) groups is 1. The van der Waals surface area contributed by atoms with E-state index in [9.17, 15) is 13.6 Å². The van der Waals surface area contributed by atoms with Crippen LogP contribution in [0.15, 0.2) is 30.3 Å². The van der Waals surface area contributed by atoms with E-state index >= 15 is 0 Å². The SMILES string of the molecule is CC(CC1CC1(F)F)OC(=O)c1ccccc1. The molecular formula is C13H14F2O2. The van der Waals surface area contributed by atoms with Crippen LogP contribution in [0.1, 0.15) is 30.1 Å². The summed E-state index contributed by atoms with van der Waals surface area (Å²) in [5.74, 6) is -3.63. The van der Waals surface area contributed by atoms with Gasteiger partial charge in [-0.25, -0.2) is 13.6 Å². The highest BCUT2D eigenvalue weighted by Crippen LogP contribution is 2.51. The Hall–Kier alpha value is -1.45. The van der Waals surface area contributed by atoms with E-state index in [1.807, 2.05) is 0 Å². The van der Waals surface area contributed by atoms with Gasteiger partial charge in [-0.2, -0.15) is 0 Å². The lowest BCUT2D eigenvalue weighted by Gasteiger charge is -2.12. The molecule has 0 radical (unpaired) electrons. The molecule has 1 aliphatic rings. The van der Waals surface area contributed by atoms with Gasteiger partial charge in [0.2, 0.25) is 0 Å². The topological polar surface area (TPSA) is 26.3 Å². The molecule has 0 aromatic heterocycles. The van der Waals surface area contributed by atoms with Crippen molar-refractivity contribution in [2.24, 2.45) is 5.92 Å². The van der Waals surface area contributed by atoms with E-state index in [0.717, 1.165) is 0 Å². The number of alkyl halides is 2. The number of ether oxygens (including phenoxy) is 1. The second-order valence-electron chi connectivity index (χ2n) is 4.48. The van der Waals surface area contributed by atoms with Gasteiger partial charge in [-0.05, 0) is 25.5 Å². The Bertz CT molecular complexity index is 403. The van der Waals surface area contributed by atoms with Crippen molar-refractivity contribution in [2.75, 3.05) is 0 Å². The first-order chi connectivity index (χ1) is 7.99. The predicted molar refractivity (Wildman–Crippen MR) is 59.0 cm³/mol. The molecule has 1 aliphatic carbocycles. The number of hydrogen-bond donors (Lipinski definition) is 0. The normalized spacial score (nSPS) is 22.9. The van der Waals surface area contributed by atoms with Crippen LogP contribution in [0.5, 0.6) is 0 Å². The van der Waals surface area contributed by atoms with E-state index in [1.165, 1.54) is 0 Å². The molecule has 2 atom stereocenters. The number of rotatable bonds is 4. The van der Waals surface area contributed by atoms with Gasteiger partial charge in [0.15, 0.2) is 0 Å². The quantitative estimate of drug-likeness (QED) is 0.755. The molecule has 0 bridgehead atoms. The molecule has 1 aromatic carbocycles. The Balaban J connectivity index is 1.83. The Morgan fingerprint density at radius 2 is 2.06 bits per heavy atom. The molecule has 0 aliphatic heterocycles. The highest BCUT2D eigenvalue weighted by atomic mass is 19.3. The Kier molecular flexibility index (Phi) is 3.13. The smallest absolute Gasteiger partial charge is 0.338 e. The minimum absolute atomic E-state index is 0.0831. The van der Waals surface area contributed by atoms with Gasteiger partial charge in [0.25, 0.3) is 5.92 Å². The van der Waals surface area contributed by atoms with Crippen LogP contribution < -0.4 is 0 Å². The zero-order valence-corrected chi connectivity index (χ0v) is 9.53. The molecule has 2 rings (SSSR count). The highest BCUT2D eigenvalue weighted by Gasteiger charge is 2.56. The van der Waals surface area contributed by atoms with Gasteiger partial charge in [0, 0.05) is 12.3 Å². The fourth-order valence-corrected chi connectivity index (χ4v) is 1.80. The van der Waals surface area contributed by atoms with E-state index in [2.05, 4.69) is 0 Å². The molecule has 2 unspecified atom stereocenters. The van der Waals surface area contributed by atoms with Crippen molar-refractivity contribution < 1.29 is 18.3 Å². The number of hydrogen-bond acceptors (Lipinski definition) is 2. The van der Waals surface area contributed by atoms with Crippen LogP contribution in [-0.2, 0) is 4.74 Å². The van der Waals surface area contributed by atoms with Gasteiger partial charge in [0.1, 0.15) is 0 Å². The fraction of sp³-hybridized carbons (Fsp3) is 0.462. The van der Waals surface area contributed by atoms with Gasteiger partial charge in [-0.3, -0.25) is 0 Å². The second kappa shape index (κ2) is 4.43. The lowest BCUT2D eigenvalue weighted by molar-refractivity contribution is 0.0252. The third-order valence-electron chi connectivity index (χ3n) is 2.89. The molecule has 0 amide bonds. The molecule has 0 heterocycles. The molecule has 2 nitrogen and oxygen atoms in total. The molecule has 0 saturated heterocycles. The van der Waals surface area contributed by atoms with Crippen molar-refractivity contribution >= 4 is 5.97 Å². The zero-order valence-electron chi connectivity index (χ0n) is 9.53. The van der Waals surface area contributed by atoms with E-state index in [0.29, 0.717) is 5.56 Å². The van der Waals surface area contributed by atoms with Gasteiger partial charge in [0.05, 0.1) is 11.7 Å². The van der Waals surface area contributed by atoms with E-state index in [4.69, 9.17) is 4.74 Å². The molecule has 0 N–H and O–H groups in total. The van der Waals surface area contributed by atoms with Crippen LogP contribution >= 0.6 is 0 Å². The van der Waals surface area contributed by atoms with Crippen molar-refractivity contribution in [3.05, 3.63) is 35.9 Å². The zero-order chi connectivity index (χ0) is 12.5. The van der Waals surface area contributed by atoms with E-state index in [-0.39, 0.29) is 12.8 Å². The lowest BCUT2D eigenvalue weighted by atomic mass is 10.2. The summed E-state index contributed by atoms with van der Waals surface area (Å²) in [4.78, 5) is 11.6. The minimum atomic E-state index is -2.55. The van der Waals surface area contributed by atoms with Crippen LogP contribution in [-0.4, -0.2) is 18.0 Å². The first-order valence-corrected chi connectivity index (χ1v) is 5.63. The fourth-order valence-electron chi connectivity index (χ4n) is 1.80. The number of benzene rings is 1. The minimum Gasteiger partial charge on any atom is -0.459 e. The number of halogens is 2. The maximum Gasteiger partial charge on any atom is 0.338 e. The molecule has 4 heteroatoms. The van der Waals surface area contributed by atoms with Gasteiger partial charge in [-0.15, -0.1) is 0 Å². The highest BCUT2D eigenvalue weighted by molar-refractivity contribution is 5.89. The van der Waals surface area contributed by atoms with Gasteiger partial charge in [-0.1, -0.05) is 18.2 Å². The molecule has 1 saturated carbocycles. The second-order valence-corrected chi connectivity index (χ2v) is 4.48. The van der Waals surface area contributed by atoms with Crippen molar-refractivity contribution in [2.45, 2.75) is 31.8 Å². The predicted octanol–water partition coefficient (Wildman–Crippen LogP) is 3.28. The Labute approximate surface area is 98.6 Å². The standard InChI is InChI=1S/C13H14F2O2/c1-9(7-11-8-13(11,14)15)17-12(16)10-5-3-2-4-6-10/h2-6,9,11H,7-8H2,1H3. The summed E-state index contributed by atoms with van der Waals surface area (Å²) < 4.78 is 30.5. The van der Waals surface area contributed by atoms with Crippen LogP contribution in [0, 0.1) is 5.92 Å². The Morgan fingerprint density at radius 1 is 1.47 bits per heavy atom. The van der Waals surface area contributed by atoms with Crippen molar-refractivity contribution in [3.8, 4) is 0 Å². The molecular weight excluding hydrogens is 226 g/mol. The van der Waals surface area contributed by atoms with Crippen LogP contribution in [0.4, 0.5) is 8.78 Å². The summed E-state index contributed by atoms with van der Waals surface area (Å²) in [6.45, 7) is 1.65. The molecule has 17 heavy (non-hydrogen) atoms. The van der Waals surface area contributed by atoms with Crippen LogP contribution in [0.3, 0.4) is 0 Å². The third-order valence-corrected chi connectivity index (χ3v) is 2.89. The summed E-state index contributed by atoms with van der Waals surface area (Å²) in [7, 11) is 0. The van der Waals surface area contributed by atoms with Crippen LogP contribution in [0.2, 0.25) is 0 Å². The largest absolute Gasteiger partial charge is 0.459 e. The maximum atomic E-state index is 12.7. The summed E-state index contributed by atoms with van der Waals surface area (Å²) in [5.41, 5.74) is 0.446.